The minimum absolute atomic E-state index is 0.00671. The third-order valence-corrected chi connectivity index (χ3v) is 5.47. The summed E-state index contributed by atoms with van der Waals surface area (Å²) >= 11 is 0. The number of ether oxygens (including phenoxy) is 1. The van der Waals surface area contributed by atoms with Crippen LogP contribution in [-0.2, 0) is 16.0 Å². The van der Waals surface area contributed by atoms with Gasteiger partial charge in [0.15, 0.2) is 0 Å². The van der Waals surface area contributed by atoms with E-state index in [1.165, 1.54) is 17.4 Å². The predicted molar refractivity (Wildman–Crippen MR) is 115 cm³/mol. The maximum atomic E-state index is 12.8. The van der Waals surface area contributed by atoms with Gasteiger partial charge in [0.25, 0.3) is 0 Å². The summed E-state index contributed by atoms with van der Waals surface area (Å²) in [5, 5.41) is 0. The Kier molecular flexibility index (Phi) is 7.28. The fourth-order valence-electron chi connectivity index (χ4n) is 3.84. The van der Waals surface area contributed by atoms with Crippen LogP contribution in [0.2, 0.25) is 0 Å². The first-order chi connectivity index (χ1) is 14.1. The molecule has 0 spiro atoms. The molecule has 1 aliphatic rings. The molecular formula is C24H30N2O3. The third kappa shape index (κ3) is 5.83. The maximum Gasteiger partial charge on any atom is 0.242 e. The molecule has 0 radical (unpaired) electrons. The lowest BCUT2D eigenvalue weighted by atomic mass is 9.90. The van der Waals surface area contributed by atoms with Crippen LogP contribution < -0.4 is 9.64 Å². The van der Waals surface area contributed by atoms with Gasteiger partial charge in [0.05, 0.1) is 6.61 Å². The van der Waals surface area contributed by atoms with Gasteiger partial charge >= 0.3 is 0 Å². The number of amides is 2. The standard InChI is InChI=1S/C24H30N2O3/c1-3-29-23-11-9-22(10-12-23)26(19(2)27)18-24(28)25-15-13-21(14-16-25)17-20-7-5-4-6-8-20/h4-12,21H,3,13-18H2,1-2H3. The van der Waals surface area contributed by atoms with Crippen LogP contribution in [0.5, 0.6) is 5.75 Å². The molecule has 0 atom stereocenters. The number of anilines is 1. The van der Waals surface area contributed by atoms with Crippen LogP contribution in [0.4, 0.5) is 5.69 Å². The summed E-state index contributed by atoms with van der Waals surface area (Å²) in [5.41, 5.74) is 2.07. The molecule has 3 rings (SSSR count). The Labute approximate surface area is 173 Å². The predicted octanol–water partition coefficient (Wildman–Crippen LogP) is 3.92. The van der Waals surface area contributed by atoms with Crippen molar-refractivity contribution in [1.82, 2.24) is 4.90 Å². The Bertz CT molecular complexity index is 797. The average Bonchev–Trinajstić information content (AvgIpc) is 2.74. The third-order valence-electron chi connectivity index (χ3n) is 5.47. The lowest BCUT2D eigenvalue weighted by Crippen LogP contribution is -2.45. The van der Waals surface area contributed by atoms with E-state index in [0.29, 0.717) is 18.2 Å². The number of hydrogen-bond donors (Lipinski definition) is 0. The molecule has 1 fully saturated rings. The number of rotatable bonds is 7. The van der Waals surface area contributed by atoms with E-state index in [-0.39, 0.29) is 18.4 Å². The topological polar surface area (TPSA) is 49.9 Å². The average molecular weight is 395 g/mol. The number of carbonyl (C=O) groups is 2. The zero-order valence-electron chi connectivity index (χ0n) is 17.3. The van der Waals surface area contributed by atoms with Crippen molar-refractivity contribution < 1.29 is 14.3 Å². The van der Waals surface area contributed by atoms with Crippen LogP contribution in [0, 0.1) is 5.92 Å². The smallest absolute Gasteiger partial charge is 0.242 e. The molecule has 2 amide bonds. The van der Waals surface area contributed by atoms with Gasteiger partial charge in [-0.3, -0.25) is 9.59 Å². The summed E-state index contributed by atoms with van der Waals surface area (Å²) < 4.78 is 5.45. The van der Waals surface area contributed by atoms with Gasteiger partial charge in [0.1, 0.15) is 12.3 Å². The highest BCUT2D eigenvalue weighted by molar-refractivity contribution is 5.97. The van der Waals surface area contributed by atoms with Crippen LogP contribution >= 0.6 is 0 Å². The van der Waals surface area contributed by atoms with E-state index >= 15 is 0 Å². The first-order valence-corrected chi connectivity index (χ1v) is 10.4. The van der Waals surface area contributed by atoms with Gasteiger partial charge in [-0.05, 0) is 61.9 Å². The summed E-state index contributed by atoms with van der Waals surface area (Å²) in [5.74, 6) is 1.23. The molecule has 2 aromatic rings. The molecule has 0 N–H and O–H groups in total. The molecule has 1 saturated heterocycles. The molecule has 2 aromatic carbocycles. The largest absolute Gasteiger partial charge is 0.494 e. The van der Waals surface area contributed by atoms with Crippen molar-refractivity contribution in [3.05, 3.63) is 60.2 Å². The molecule has 5 heteroatoms. The van der Waals surface area contributed by atoms with Crippen molar-refractivity contribution in [3.8, 4) is 5.75 Å². The molecule has 0 aliphatic carbocycles. The van der Waals surface area contributed by atoms with Crippen LogP contribution in [0.25, 0.3) is 0 Å². The molecule has 0 aromatic heterocycles. The van der Waals surface area contributed by atoms with Crippen LogP contribution in [0.3, 0.4) is 0 Å². The second kappa shape index (κ2) is 10.1. The number of likely N-dealkylation sites (tertiary alicyclic amines) is 1. The summed E-state index contributed by atoms with van der Waals surface area (Å²) in [6.07, 6.45) is 3.07. The lowest BCUT2D eigenvalue weighted by molar-refractivity contribution is -0.132. The Morgan fingerprint density at radius 3 is 2.28 bits per heavy atom. The number of benzene rings is 2. The second-order valence-electron chi connectivity index (χ2n) is 7.55. The van der Waals surface area contributed by atoms with Gasteiger partial charge in [-0.1, -0.05) is 30.3 Å². The quantitative estimate of drug-likeness (QED) is 0.715. The second-order valence-corrected chi connectivity index (χ2v) is 7.55. The van der Waals surface area contributed by atoms with E-state index in [1.807, 2.05) is 42.2 Å². The summed E-state index contributed by atoms with van der Waals surface area (Å²) in [6, 6.07) is 17.8. The van der Waals surface area contributed by atoms with Crippen molar-refractivity contribution >= 4 is 17.5 Å². The van der Waals surface area contributed by atoms with E-state index in [4.69, 9.17) is 4.74 Å². The Balaban J connectivity index is 1.54. The van der Waals surface area contributed by atoms with E-state index in [9.17, 15) is 9.59 Å². The van der Waals surface area contributed by atoms with Gasteiger partial charge < -0.3 is 14.5 Å². The fraction of sp³-hybridized carbons (Fsp3) is 0.417. The number of nitrogens with zero attached hydrogens (tertiary/aromatic N) is 2. The Morgan fingerprint density at radius 1 is 1.03 bits per heavy atom. The normalized spacial score (nSPS) is 14.5. The molecule has 1 heterocycles. The zero-order chi connectivity index (χ0) is 20.6. The molecule has 29 heavy (non-hydrogen) atoms. The molecule has 0 bridgehead atoms. The maximum absolute atomic E-state index is 12.8. The number of piperidine rings is 1. The van der Waals surface area contributed by atoms with Crippen LogP contribution in [-0.4, -0.2) is 43.0 Å². The van der Waals surface area contributed by atoms with E-state index < -0.39 is 0 Å². The van der Waals surface area contributed by atoms with Crippen LogP contribution in [0.15, 0.2) is 54.6 Å². The Morgan fingerprint density at radius 2 is 1.69 bits per heavy atom. The van der Waals surface area contributed by atoms with E-state index in [1.54, 1.807) is 0 Å². The fourth-order valence-corrected chi connectivity index (χ4v) is 3.84. The van der Waals surface area contributed by atoms with Crippen molar-refractivity contribution in [3.63, 3.8) is 0 Å². The first kappa shape index (κ1) is 20.9. The van der Waals surface area contributed by atoms with E-state index in [2.05, 4.69) is 24.3 Å². The summed E-state index contributed by atoms with van der Waals surface area (Å²) in [6.45, 7) is 5.60. The first-order valence-electron chi connectivity index (χ1n) is 10.4. The molecular weight excluding hydrogens is 364 g/mol. The van der Waals surface area contributed by atoms with Crippen molar-refractivity contribution in [1.29, 1.82) is 0 Å². The highest BCUT2D eigenvalue weighted by Gasteiger charge is 2.25. The lowest BCUT2D eigenvalue weighted by Gasteiger charge is -2.33. The highest BCUT2D eigenvalue weighted by atomic mass is 16.5. The number of carbonyl (C=O) groups excluding carboxylic acids is 2. The minimum Gasteiger partial charge on any atom is -0.494 e. The molecule has 1 aliphatic heterocycles. The van der Waals surface area contributed by atoms with Crippen molar-refractivity contribution in [2.45, 2.75) is 33.1 Å². The summed E-state index contributed by atoms with van der Waals surface area (Å²) in [4.78, 5) is 28.4. The minimum atomic E-state index is -0.138. The van der Waals surface area contributed by atoms with Crippen molar-refractivity contribution in [2.75, 3.05) is 31.1 Å². The van der Waals surface area contributed by atoms with Crippen LogP contribution in [0.1, 0.15) is 32.3 Å². The van der Waals surface area contributed by atoms with Gasteiger partial charge in [0, 0.05) is 25.7 Å². The van der Waals surface area contributed by atoms with Gasteiger partial charge in [-0.25, -0.2) is 0 Å². The Hall–Kier alpha value is -2.82. The van der Waals surface area contributed by atoms with Gasteiger partial charge in [0.2, 0.25) is 11.8 Å². The highest BCUT2D eigenvalue weighted by Crippen LogP contribution is 2.23. The SMILES string of the molecule is CCOc1ccc(N(CC(=O)N2CCC(Cc3ccccc3)CC2)C(C)=O)cc1. The molecule has 0 saturated carbocycles. The van der Waals surface area contributed by atoms with Gasteiger partial charge in [-0.2, -0.15) is 0 Å². The monoisotopic (exact) mass is 394 g/mol. The van der Waals surface area contributed by atoms with Crippen molar-refractivity contribution in [2.24, 2.45) is 5.92 Å². The summed E-state index contributed by atoms with van der Waals surface area (Å²) in [7, 11) is 0. The van der Waals surface area contributed by atoms with E-state index in [0.717, 1.165) is 38.1 Å². The molecule has 154 valence electrons. The number of hydrogen-bond acceptors (Lipinski definition) is 3. The van der Waals surface area contributed by atoms with Gasteiger partial charge in [-0.15, -0.1) is 0 Å². The molecule has 0 unspecified atom stereocenters. The zero-order valence-corrected chi connectivity index (χ0v) is 17.3. The molecule has 5 nitrogen and oxygen atoms in total.